The van der Waals surface area contributed by atoms with Gasteiger partial charge in [-0.3, -0.25) is 9.48 Å². The van der Waals surface area contributed by atoms with E-state index in [9.17, 15) is 4.79 Å². The number of rotatable bonds is 5. The molecule has 0 atom stereocenters. The third-order valence-corrected chi connectivity index (χ3v) is 4.63. The van der Waals surface area contributed by atoms with Gasteiger partial charge in [0.1, 0.15) is 5.69 Å². The molecule has 1 fully saturated rings. The average Bonchev–Trinajstić information content (AvgIpc) is 3.23. The summed E-state index contributed by atoms with van der Waals surface area (Å²) >= 11 is 0. The second kappa shape index (κ2) is 7.03. The van der Waals surface area contributed by atoms with Crippen molar-refractivity contribution in [2.45, 2.75) is 52.1 Å². The van der Waals surface area contributed by atoms with E-state index in [-0.39, 0.29) is 5.91 Å². The van der Waals surface area contributed by atoms with E-state index >= 15 is 0 Å². The number of ether oxygens (including phenoxy) is 1. The molecule has 3 rings (SSSR count). The Balaban J connectivity index is 1.74. The van der Waals surface area contributed by atoms with Gasteiger partial charge in [0.05, 0.1) is 13.2 Å². The van der Waals surface area contributed by atoms with E-state index in [1.165, 1.54) is 12.8 Å². The lowest BCUT2D eigenvalue weighted by atomic mass is 10.1. The van der Waals surface area contributed by atoms with E-state index in [1.807, 2.05) is 24.6 Å². The summed E-state index contributed by atoms with van der Waals surface area (Å²) in [4.78, 5) is 17.0. The van der Waals surface area contributed by atoms with Crippen LogP contribution in [0.4, 0.5) is 0 Å². The number of carbonyl (C=O) groups excluding carboxylic acids is 1. The zero-order valence-electron chi connectivity index (χ0n) is 14.5. The van der Waals surface area contributed by atoms with Gasteiger partial charge in [-0.15, -0.1) is 0 Å². The first-order chi connectivity index (χ1) is 11.6. The molecule has 6 nitrogen and oxygen atoms in total. The van der Waals surface area contributed by atoms with E-state index in [2.05, 4.69) is 15.4 Å². The van der Waals surface area contributed by atoms with Crippen LogP contribution in [0.15, 0.2) is 18.3 Å². The van der Waals surface area contributed by atoms with Gasteiger partial charge in [0.2, 0.25) is 5.88 Å². The molecular formula is C18H24N4O2. The van der Waals surface area contributed by atoms with Crippen LogP contribution in [0.25, 0.3) is 0 Å². The number of methoxy groups -OCH3 is 1. The highest BCUT2D eigenvalue weighted by Gasteiger charge is 2.22. The van der Waals surface area contributed by atoms with Crippen molar-refractivity contribution >= 4 is 5.91 Å². The van der Waals surface area contributed by atoms with Gasteiger partial charge in [-0.05, 0) is 44.4 Å². The lowest BCUT2D eigenvalue weighted by Crippen LogP contribution is -2.27. The Labute approximate surface area is 142 Å². The first-order valence-corrected chi connectivity index (χ1v) is 8.43. The normalized spacial score (nSPS) is 14.8. The largest absolute Gasteiger partial charge is 0.481 e. The maximum absolute atomic E-state index is 12.6. The zero-order chi connectivity index (χ0) is 17.1. The van der Waals surface area contributed by atoms with Gasteiger partial charge in [0.25, 0.3) is 5.91 Å². The summed E-state index contributed by atoms with van der Waals surface area (Å²) in [5.41, 5.74) is 3.49. The minimum absolute atomic E-state index is 0.110. The summed E-state index contributed by atoms with van der Waals surface area (Å²) in [5, 5.41) is 7.34. The number of aromatic nitrogens is 3. The quantitative estimate of drug-likeness (QED) is 0.916. The van der Waals surface area contributed by atoms with Crippen molar-refractivity contribution in [1.82, 2.24) is 20.1 Å². The molecule has 0 unspecified atom stereocenters. The molecule has 0 saturated heterocycles. The average molecular weight is 328 g/mol. The molecular weight excluding hydrogens is 304 g/mol. The van der Waals surface area contributed by atoms with Gasteiger partial charge in [-0.1, -0.05) is 12.8 Å². The van der Waals surface area contributed by atoms with Crippen molar-refractivity contribution in [3.05, 3.63) is 40.8 Å². The number of aryl methyl sites for hydroxylation is 2. The van der Waals surface area contributed by atoms with Crippen LogP contribution in [-0.2, 0) is 6.54 Å². The van der Waals surface area contributed by atoms with Crippen LogP contribution < -0.4 is 10.1 Å². The molecule has 1 N–H and O–H groups in total. The summed E-state index contributed by atoms with van der Waals surface area (Å²) in [7, 11) is 1.60. The predicted molar refractivity (Wildman–Crippen MR) is 91.2 cm³/mol. The zero-order valence-corrected chi connectivity index (χ0v) is 14.5. The molecule has 1 amide bonds. The number of pyridine rings is 1. The van der Waals surface area contributed by atoms with Crippen molar-refractivity contribution in [2.24, 2.45) is 0 Å². The highest BCUT2D eigenvalue weighted by Crippen LogP contribution is 2.29. The molecule has 24 heavy (non-hydrogen) atoms. The summed E-state index contributed by atoms with van der Waals surface area (Å²) in [6, 6.07) is 4.12. The van der Waals surface area contributed by atoms with Crippen molar-refractivity contribution in [3.8, 4) is 5.88 Å². The monoisotopic (exact) mass is 328 g/mol. The van der Waals surface area contributed by atoms with Crippen LogP contribution in [0, 0.1) is 13.8 Å². The maximum Gasteiger partial charge on any atom is 0.269 e. The van der Waals surface area contributed by atoms with Crippen LogP contribution in [0.1, 0.15) is 59.0 Å². The van der Waals surface area contributed by atoms with Gasteiger partial charge >= 0.3 is 0 Å². The molecule has 0 bridgehead atoms. The Morgan fingerprint density at radius 3 is 2.83 bits per heavy atom. The number of amides is 1. The Morgan fingerprint density at radius 2 is 2.12 bits per heavy atom. The number of nitrogens with one attached hydrogen (secondary N) is 1. The minimum Gasteiger partial charge on any atom is -0.481 e. The maximum atomic E-state index is 12.6. The van der Waals surface area contributed by atoms with E-state index in [0.717, 1.165) is 29.7 Å². The van der Waals surface area contributed by atoms with Gasteiger partial charge < -0.3 is 10.1 Å². The molecule has 2 aromatic rings. The lowest BCUT2D eigenvalue weighted by Gasteiger charge is -2.15. The molecule has 1 aliphatic carbocycles. The number of hydrogen-bond donors (Lipinski definition) is 1. The van der Waals surface area contributed by atoms with E-state index < -0.39 is 0 Å². The lowest BCUT2D eigenvalue weighted by molar-refractivity contribution is 0.0937. The van der Waals surface area contributed by atoms with E-state index in [1.54, 1.807) is 19.4 Å². The van der Waals surface area contributed by atoms with Gasteiger partial charge in [-0.25, -0.2) is 4.98 Å². The Kier molecular flexibility index (Phi) is 4.83. The van der Waals surface area contributed by atoms with Crippen molar-refractivity contribution in [2.75, 3.05) is 7.11 Å². The third-order valence-electron chi connectivity index (χ3n) is 4.63. The number of nitrogens with zero attached hydrogens (tertiary/aromatic N) is 3. The molecule has 2 heterocycles. The van der Waals surface area contributed by atoms with Crippen LogP contribution in [-0.4, -0.2) is 27.8 Å². The fourth-order valence-electron chi connectivity index (χ4n) is 3.41. The third kappa shape index (κ3) is 3.27. The molecule has 0 spiro atoms. The first kappa shape index (κ1) is 16.5. The molecule has 0 aliphatic heterocycles. The standard InChI is InChI=1S/C18H24N4O2/c1-12-10-13(2)21-18(24-3)15(12)11-19-17(23)16-8-9-20-22(16)14-6-4-5-7-14/h8-10,14H,4-7,11H2,1-3H3,(H,19,23). The van der Waals surface area contributed by atoms with Crippen LogP contribution >= 0.6 is 0 Å². The summed E-state index contributed by atoms with van der Waals surface area (Å²) in [6.07, 6.45) is 6.30. The van der Waals surface area contributed by atoms with Crippen LogP contribution in [0.3, 0.4) is 0 Å². The number of carbonyl (C=O) groups is 1. The number of hydrogen-bond acceptors (Lipinski definition) is 4. The van der Waals surface area contributed by atoms with Crippen molar-refractivity contribution in [1.29, 1.82) is 0 Å². The molecule has 128 valence electrons. The molecule has 2 aromatic heterocycles. The van der Waals surface area contributed by atoms with Gasteiger partial charge in [0, 0.05) is 24.0 Å². The fraction of sp³-hybridized carbons (Fsp3) is 0.500. The Hall–Kier alpha value is -2.37. The molecule has 0 aromatic carbocycles. The predicted octanol–water partition coefficient (Wildman–Crippen LogP) is 2.95. The Bertz CT molecular complexity index is 733. The van der Waals surface area contributed by atoms with Crippen LogP contribution in [0.2, 0.25) is 0 Å². The topological polar surface area (TPSA) is 69.0 Å². The molecule has 1 saturated carbocycles. The highest BCUT2D eigenvalue weighted by atomic mass is 16.5. The van der Waals surface area contributed by atoms with Gasteiger partial charge in [-0.2, -0.15) is 5.10 Å². The minimum atomic E-state index is -0.110. The Morgan fingerprint density at radius 1 is 1.38 bits per heavy atom. The molecule has 1 aliphatic rings. The summed E-state index contributed by atoms with van der Waals surface area (Å²) in [5.74, 6) is 0.457. The smallest absolute Gasteiger partial charge is 0.269 e. The van der Waals surface area contributed by atoms with Crippen molar-refractivity contribution in [3.63, 3.8) is 0 Å². The molecule has 0 radical (unpaired) electrons. The molecule has 6 heteroatoms. The van der Waals surface area contributed by atoms with Crippen LogP contribution in [0.5, 0.6) is 5.88 Å². The summed E-state index contributed by atoms with van der Waals surface area (Å²) < 4.78 is 7.23. The van der Waals surface area contributed by atoms with E-state index in [4.69, 9.17) is 4.74 Å². The highest BCUT2D eigenvalue weighted by molar-refractivity contribution is 5.92. The second-order valence-corrected chi connectivity index (χ2v) is 6.35. The van der Waals surface area contributed by atoms with Gasteiger partial charge in [0.15, 0.2) is 0 Å². The SMILES string of the molecule is COc1nc(C)cc(C)c1CNC(=O)c1ccnn1C1CCCC1. The first-order valence-electron chi connectivity index (χ1n) is 8.43. The summed E-state index contributed by atoms with van der Waals surface area (Å²) in [6.45, 7) is 4.32. The fourth-order valence-corrected chi connectivity index (χ4v) is 3.41. The second-order valence-electron chi connectivity index (χ2n) is 6.35. The van der Waals surface area contributed by atoms with E-state index in [0.29, 0.717) is 24.2 Å². The van der Waals surface area contributed by atoms with Crippen molar-refractivity contribution < 1.29 is 9.53 Å².